The van der Waals surface area contributed by atoms with E-state index in [4.69, 9.17) is 4.98 Å². The Labute approximate surface area is 96.1 Å². The molecule has 0 aromatic carbocycles. The van der Waals surface area contributed by atoms with Gasteiger partial charge in [-0.3, -0.25) is 0 Å². The number of hydrogen-bond donors (Lipinski definition) is 1. The maximum atomic E-state index is 4.84. The maximum Gasteiger partial charge on any atom is 0.0959 e. The molecule has 0 spiro atoms. The lowest BCUT2D eigenvalue weighted by atomic mass is 10.1. The van der Waals surface area contributed by atoms with Gasteiger partial charge in [0.15, 0.2) is 0 Å². The molecule has 1 fully saturated rings. The Hall–Kier alpha value is -0.410. The minimum absolute atomic E-state index is 0.623. The van der Waals surface area contributed by atoms with Crippen LogP contribution in [0.25, 0.3) is 0 Å². The average molecular weight is 224 g/mol. The third-order valence-electron chi connectivity index (χ3n) is 3.08. The summed E-state index contributed by atoms with van der Waals surface area (Å²) in [5.74, 6) is 1.40. The number of hydrogen-bond acceptors (Lipinski definition) is 3. The summed E-state index contributed by atoms with van der Waals surface area (Å²) >= 11 is 1.91. The van der Waals surface area contributed by atoms with Crippen molar-refractivity contribution in [1.29, 1.82) is 0 Å². The van der Waals surface area contributed by atoms with Gasteiger partial charge in [-0.1, -0.05) is 13.8 Å². The van der Waals surface area contributed by atoms with Gasteiger partial charge in [-0.2, -0.15) is 0 Å². The molecule has 0 amide bonds. The van der Waals surface area contributed by atoms with Crippen molar-refractivity contribution in [2.24, 2.45) is 0 Å². The highest BCUT2D eigenvalue weighted by Crippen LogP contribution is 2.43. The summed E-state index contributed by atoms with van der Waals surface area (Å²) in [6.07, 6.45) is 3.89. The molecule has 2 nitrogen and oxygen atoms in total. The molecule has 0 aliphatic heterocycles. The van der Waals surface area contributed by atoms with Crippen LogP contribution in [-0.4, -0.2) is 12.0 Å². The van der Waals surface area contributed by atoms with Crippen LogP contribution in [-0.2, 0) is 6.54 Å². The predicted molar refractivity (Wildman–Crippen MR) is 65.6 cm³/mol. The largest absolute Gasteiger partial charge is 0.315 e. The van der Waals surface area contributed by atoms with E-state index in [9.17, 15) is 0 Å². The highest BCUT2D eigenvalue weighted by Gasteiger charge is 2.29. The van der Waals surface area contributed by atoms with Gasteiger partial charge in [0, 0.05) is 23.3 Å². The molecule has 3 heteroatoms. The highest BCUT2D eigenvalue weighted by atomic mass is 32.1. The third kappa shape index (κ3) is 2.40. The molecule has 0 radical (unpaired) electrons. The van der Waals surface area contributed by atoms with Gasteiger partial charge in [0.25, 0.3) is 0 Å². The van der Waals surface area contributed by atoms with Gasteiger partial charge in [-0.15, -0.1) is 11.3 Å². The molecule has 1 heterocycles. The molecular weight excluding hydrogens is 204 g/mol. The van der Waals surface area contributed by atoms with Gasteiger partial charge in [0.05, 0.1) is 10.7 Å². The normalized spacial score (nSPS) is 18.1. The SMILES string of the molecule is CCC(C)c1nc(C2CC2)c(CNC)s1. The van der Waals surface area contributed by atoms with Crippen LogP contribution in [0.5, 0.6) is 0 Å². The van der Waals surface area contributed by atoms with Crippen LogP contribution in [0.1, 0.15) is 60.5 Å². The van der Waals surface area contributed by atoms with Gasteiger partial charge >= 0.3 is 0 Å². The van der Waals surface area contributed by atoms with E-state index in [1.807, 2.05) is 18.4 Å². The van der Waals surface area contributed by atoms with Crippen molar-refractivity contribution < 1.29 is 0 Å². The second-order valence-electron chi connectivity index (χ2n) is 4.47. The molecule has 2 rings (SSSR count). The molecule has 1 aromatic heterocycles. The molecule has 84 valence electrons. The topological polar surface area (TPSA) is 24.9 Å². The second kappa shape index (κ2) is 4.62. The van der Waals surface area contributed by atoms with Crippen LogP contribution in [0.15, 0.2) is 0 Å². The van der Waals surface area contributed by atoms with Crippen molar-refractivity contribution in [1.82, 2.24) is 10.3 Å². The lowest BCUT2D eigenvalue weighted by Gasteiger charge is -2.01. The van der Waals surface area contributed by atoms with Crippen LogP contribution in [0.2, 0.25) is 0 Å². The molecule has 15 heavy (non-hydrogen) atoms. The van der Waals surface area contributed by atoms with Gasteiger partial charge in [0.1, 0.15) is 0 Å². The van der Waals surface area contributed by atoms with Crippen LogP contribution in [0.3, 0.4) is 0 Å². The first kappa shape index (κ1) is 11.1. The van der Waals surface area contributed by atoms with E-state index < -0.39 is 0 Å². The zero-order valence-electron chi connectivity index (χ0n) is 9.84. The molecule has 1 aliphatic rings. The Kier molecular flexibility index (Phi) is 3.42. The van der Waals surface area contributed by atoms with Crippen LogP contribution < -0.4 is 5.32 Å². The summed E-state index contributed by atoms with van der Waals surface area (Å²) in [5.41, 5.74) is 1.39. The quantitative estimate of drug-likeness (QED) is 0.830. The predicted octanol–water partition coefficient (Wildman–Crippen LogP) is 3.25. The van der Waals surface area contributed by atoms with Crippen LogP contribution >= 0.6 is 11.3 Å². The van der Waals surface area contributed by atoms with E-state index in [0.717, 1.165) is 12.5 Å². The van der Waals surface area contributed by atoms with Crippen LogP contribution in [0, 0.1) is 0 Å². The van der Waals surface area contributed by atoms with Crippen molar-refractivity contribution >= 4 is 11.3 Å². The fraction of sp³-hybridized carbons (Fsp3) is 0.750. The molecule has 0 saturated heterocycles. The lowest BCUT2D eigenvalue weighted by Crippen LogP contribution is -2.05. The summed E-state index contributed by atoms with van der Waals surface area (Å²) < 4.78 is 0. The fourth-order valence-corrected chi connectivity index (χ4v) is 3.03. The Bertz CT molecular complexity index is 328. The number of aromatic nitrogens is 1. The zero-order chi connectivity index (χ0) is 10.8. The Balaban J connectivity index is 2.22. The maximum absolute atomic E-state index is 4.84. The molecule has 1 N–H and O–H groups in total. The monoisotopic (exact) mass is 224 g/mol. The molecule has 1 unspecified atom stereocenters. The van der Waals surface area contributed by atoms with Crippen molar-refractivity contribution in [3.8, 4) is 0 Å². The number of nitrogens with zero attached hydrogens (tertiary/aromatic N) is 1. The molecule has 1 saturated carbocycles. The number of thiazole rings is 1. The van der Waals surface area contributed by atoms with E-state index >= 15 is 0 Å². The summed E-state index contributed by atoms with van der Waals surface area (Å²) in [6.45, 7) is 5.50. The van der Waals surface area contributed by atoms with Gasteiger partial charge in [-0.05, 0) is 26.3 Å². The van der Waals surface area contributed by atoms with E-state index in [1.165, 1.54) is 34.8 Å². The Morgan fingerprint density at radius 3 is 2.80 bits per heavy atom. The Morgan fingerprint density at radius 1 is 1.53 bits per heavy atom. The first-order chi connectivity index (χ1) is 7.26. The van der Waals surface area contributed by atoms with Crippen molar-refractivity contribution in [3.05, 3.63) is 15.6 Å². The minimum Gasteiger partial charge on any atom is -0.315 e. The summed E-state index contributed by atoms with van der Waals surface area (Å²) in [6, 6.07) is 0. The molecule has 1 atom stereocenters. The van der Waals surface area contributed by atoms with E-state index in [1.54, 1.807) is 0 Å². The van der Waals surface area contributed by atoms with Crippen molar-refractivity contribution in [2.45, 2.75) is 51.5 Å². The standard InChI is InChI=1S/C12H20N2S/c1-4-8(2)12-14-11(9-5-6-9)10(15-12)7-13-3/h8-9,13H,4-7H2,1-3H3. The second-order valence-corrected chi connectivity index (χ2v) is 5.59. The van der Waals surface area contributed by atoms with E-state index in [-0.39, 0.29) is 0 Å². The van der Waals surface area contributed by atoms with E-state index in [0.29, 0.717) is 5.92 Å². The Morgan fingerprint density at radius 2 is 2.27 bits per heavy atom. The molecular formula is C12H20N2S. The smallest absolute Gasteiger partial charge is 0.0959 e. The van der Waals surface area contributed by atoms with Crippen molar-refractivity contribution in [2.75, 3.05) is 7.05 Å². The molecule has 1 aromatic rings. The average Bonchev–Trinajstić information content (AvgIpc) is 3.00. The minimum atomic E-state index is 0.623. The summed E-state index contributed by atoms with van der Waals surface area (Å²) in [4.78, 5) is 6.31. The molecule has 0 bridgehead atoms. The lowest BCUT2D eigenvalue weighted by molar-refractivity contribution is 0.721. The van der Waals surface area contributed by atoms with Gasteiger partial charge in [-0.25, -0.2) is 4.98 Å². The summed E-state index contributed by atoms with van der Waals surface area (Å²) in [5, 5.41) is 4.59. The fourth-order valence-electron chi connectivity index (χ4n) is 1.73. The van der Waals surface area contributed by atoms with Gasteiger partial charge < -0.3 is 5.32 Å². The first-order valence-electron chi connectivity index (χ1n) is 5.90. The zero-order valence-corrected chi connectivity index (χ0v) is 10.7. The highest BCUT2D eigenvalue weighted by molar-refractivity contribution is 7.11. The molecule has 1 aliphatic carbocycles. The van der Waals surface area contributed by atoms with Gasteiger partial charge in [0.2, 0.25) is 0 Å². The van der Waals surface area contributed by atoms with Crippen molar-refractivity contribution in [3.63, 3.8) is 0 Å². The van der Waals surface area contributed by atoms with Crippen LogP contribution in [0.4, 0.5) is 0 Å². The van der Waals surface area contributed by atoms with E-state index in [2.05, 4.69) is 19.2 Å². The summed E-state index contributed by atoms with van der Waals surface area (Å²) in [7, 11) is 2.01. The first-order valence-corrected chi connectivity index (χ1v) is 6.72. The third-order valence-corrected chi connectivity index (χ3v) is 4.38. The number of rotatable bonds is 5. The number of nitrogens with one attached hydrogen (secondary N) is 1.